The van der Waals surface area contributed by atoms with Crippen LogP contribution >= 0.6 is 12.1 Å². The molecule has 0 aromatic heterocycles. The molecule has 14 heavy (non-hydrogen) atoms. The van der Waals surface area contributed by atoms with Gasteiger partial charge in [-0.25, -0.2) is 0 Å². The molecule has 0 aliphatic rings. The summed E-state index contributed by atoms with van der Waals surface area (Å²) in [5.74, 6) is 0.476. The van der Waals surface area contributed by atoms with Crippen molar-refractivity contribution in [2.75, 3.05) is 0 Å². The third-order valence-corrected chi connectivity index (χ3v) is 2.92. The molecule has 78 valence electrons. The second-order valence-electron chi connectivity index (χ2n) is 3.81. The third kappa shape index (κ3) is 2.50. The van der Waals surface area contributed by atoms with Gasteiger partial charge in [0.05, 0.1) is 12.1 Å². The molecule has 0 bridgehead atoms. The standard InChI is InChI=1S/C12H17FS/c1-4-6-11-10(9(2)3)7-5-8-12(11)14-13/h5,7-9H,4,6H2,1-3H3. The molecule has 0 aliphatic carbocycles. The van der Waals surface area contributed by atoms with Crippen LogP contribution in [0.1, 0.15) is 44.2 Å². The molecule has 2 heteroatoms. The Hall–Kier alpha value is -0.500. The highest BCUT2D eigenvalue weighted by Crippen LogP contribution is 2.30. The number of hydrogen-bond acceptors (Lipinski definition) is 1. The highest BCUT2D eigenvalue weighted by atomic mass is 32.2. The molecule has 1 aromatic rings. The smallest absolute Gasteiger partial charge is 0.0815 e. The summed E-state index contributed by atoms with van der Waals surface area (Å²) in [6.45, 7) is 6.44. The summed E-state index contributed by atoms with van der Waals surface area (Å²) in [6.07, 6.45) is 2.04. The van der Waals surface area contributed by atoms with Crippen LogP contribution in [0.5, 0.6) is 0 Å². The Balaban J connectivity index is 3.13. The first-order valence-corrected chi connectivity index (χ1v) is 5.82. The van der Waals surface area contributed by atoms with E-state index in [-0.39, 0.29) is 0 Å². The predicted octanol–water partition coefficient (Wildman–Crippen LogP) is 4.74. The molecule has 0 spiro atoms. The van der Waals surface area contributed by atoms with Crippen molar-refractivity contribution >= 4 is 12.1 Å². The summed E-state index contributed by atoms with van der Waals surface area (Å²) in [5, 5.41) is 0. The van der Waals surface area contributed by atoms with Crippen molar-refractivity contribution in [3.8, 4) is 0 Å². The van der Waals surface area contributed by atoms with Crippen LogP contribution in [0.15, 0.2) is 23.1 Å². The van der Waals surface area contributed by atoms with E-state index in [9.17, 15) is 3.89 Å². The van der Waals surface area contributed by atoms with Crippen LogP contribution in [0.25, 0.3) is 0 Å². The van der Waals surface area contributed by atoms with Crippen molar-refractivity contribution in [1.29, 1.82) is 0 Å². The van der Waals surface area contributed by atoms with Crippen LogP contribution < -0.4 is 0 Å². The van der Waals surface area contributed by atoms with E-state index in [1.807, 2.05) is 12.1 Å². The second-order valence-corrected chi connectivity index (χ2v) is 4.40. The van der Waals surface area contributed by atoms with Gasteiger partial charge >= 0.3 is 0 Å². The fourth-order valence-corrected chi connectivity index (χ4v) is 2.16. The summed E-state index contributed by atoms with van der Waals surface area (Å²) < 4.78 is 12.7. The lowest BCUT2D eigenvalue weighted by Gasteiger charge is -2.14. The zero-order valence-electron chi connectivity index (χ0n) is 9.01. The Kier molecular flexibility index (Phi) is 4.46. The minimum absolute atomic E-state index is 0.367. The fraction of sp³-hybridized carbons (Fsp3) is 0.500. The third-order valence-electron chi connectivity index (χ3n) is 2.37. The van der Waals surface area contributed by atoms with Crippen LogP contribution in [0.2, 0.25) is 0 Å². The molecule has 0 atom stereocenters. The average Bonchev–Trinajstić information content (AvgIpc) is 2.18. The van der Waals surface area contributed by atoms with Crippen molar-refractivity contribution in [2.24, 2.45) is 0 Å². The van der Waals surface area contributed by atoms with E-state index < -0.39 is 0 Å². The van der Waals surface area contributed by atoms with Gasteiger partial charge in [-0.1, -0.05) is 39.3 Å². The van der Waals surface area contributed by atoms with Gasteiger partial charge in [-0.15, -0.1) is 0 Å². The molecule has 0 amide bonds. The Labute approximate surface area is 90.2 Å². The Morgan fingerprint density at radius 3 is 2.57 bits per heavy atom. The summed E-state index contributed by atoms with van der Waals surface area (Å²) in [6, 6.07) is 5.91. The maximum absolute atomic E-state index is 12.7. The second kappa shape index (κ2) is 5.40. The summed E-state index contributed by atoms with van der Waals surface area (Å²) >= 11 is 0.367. The highest BCUT2D eigenvalue weighted by molar-refractivity contribution is 7.94. The van der Waals surface area contributed by atoms with E-state index in [1.165, 1.54) is 11.1 Å². The minimum atomic E-state index is 0.367. The van der Waals surface area contributed by atoms with Crippen molar-refractivity contribution in [3.05, 3.63) is 29.3 Å². The lowest BCUT2D eigenvalue weighted by Crippen LogP contribution is -1.97. The quantitative estimate of drug-likeness (QED) is 0.694. The van der Waals surface area contributed by atoms with Gasteiger partial charge in [0.25, 0.3) is 0 Å². The van der Waals surface area contributed by atoms with Crippen LogP contribution in [0, 0.1) is 0 Å². The summed E-state index contributed by atoms with van der Waals surface area (Å²) in [4.78, 5) is 0.790. The number of rotatable bonds is 4. The lowest BCUT2D eigenvalue weighted by molar-refractivity contribution is 0.803. The molecule has 0 aliphatic heterocycles. The van der Waals surface area contributed by atoms with E-state index in [0.717, 1.165) is 17.7 Å². The number of hydrogen-bond donors (Lipinski definition) is 0. The molecule has 0 heterocycles. The highest BCUT2D eigenvalue weighted by Gasteiger charge is 2.10. The van der Waals surface area contributed by atoms with E-state index in [4.69, 9.17) is 0 Å². The monoisotopic (exact) mass is 212 g/mol. The minimum Gasteiger partial charge on any atom is -0.160 e. The molecular formula is C12H17FS. The van der Waals surface area contributed by atoms with Crippen molar-refractivity contribution in [1.82, 2.24) is 0 Å². The molecule has 0 N–H and O–H groups in total. The SMILES string of the molecule is CCCc1c(SF)cccc1C(C)C. The van der Waals surface area contributed by atoms with E-state index in [1.54, 1.807) is 0 Å². The zero-order valence-corrected chi connectivity index (χ0v) is 9.83. The topological polar surface area (TPSA) is 0 Å². The van der Waals surface area contributed by atoms with E-state index in [0.29, 0.717) is 18.1 Å². The van der Waals surface area contributed by atoms with Gasteiger partial charge in [-0.05, 0) is 29.5 Å². The summed E-state index contributed by atoms with van der Waals surface area (Å²) in [5.41, 5.74) is 2.48. The lowest BCUT2D eigenvalue weighted by atomic mass is 9.95. The van der Waals surface area contributed by atoms with E-state index in [2.05, 4.69) is 26.8 Å². The number of halogens is 1. The Bertz CT molecular complexity index is 294. The van der Waals surface area contributed by atoms with Crippen LogP contribution in [0.3, 0.4) is 0 Å². The molecule has 0 fully saturated rings. The van der Waals surface area contributed by atoms with Crippen LogP contribution in [0.4, 0.5) is 3.89 Å². The van der Waals surface area contributed by atoms with E-state index >= 15 is 0 Å². The molecular weight excluding hydrogens is 195 g/mol. The van der Waals surface area contributed by atoms with Gasteiger partial charge in [0.2, 0.25) is 0 Å². The maximum atomic E-state index is 12.7. The zero-order chi connectivity index (χ0) is 10.6. The van der Waals surface area contributed by atoms with Gasteiger partial charge in [0, 0.05) is 4.90 Å². The molecule has 0 saturated carbocycles. The molecule has 1 rings (SSSR count). The van der Waals surface area contributed by atoms with Gasteiger partial charge in [-0.2, -0.15) is 3.89 Å². The normalized spacial score (nSPS) is 10.9. The predicted molar refractivity (Wildman–Crippen MR) is 61.5 cm³/mol. The average molecular weight is 212 g/mol. The first-order valence-electron chi connectivity index (χ1n) is 5.11. The van der Waals surface area contributed by atoms with Crippen LogP contribution in [-0.4, -0.2) is 0 Å². The molecule has 0 radical (unpaired) electrons. The first kappa shape index (κ1) is 11.6. The fourth-order valence-electron chi connectivity index (χ4n) is 1.71. The van der Waals surface area contributed by atoms with Gasteiger partial charge in [0.15, 0.2) is 0 Å². The number of benzene rings is 1. The van der Waals surface area contributed by atoms with Crippen molar-refractivity contribution in [2.45, 2.75) is 44.4 Å². The Morgan fingerprint density at radius 1 is 1.36 bits per heavy atom. The molecule has 0 unspecified atom stereocenters. The molecule has 0 nitrogen and oxygen atoms in total. The molecule has 1 aromatic carbocycles. The molecule has 0 saturated heterocycles. The van der Waals surface area contributed by atoms with Crippen LogP contribution in [-0.2, 0) is 6.42 Å². The summed E-state index contributed by atoms with van der Waals surface area (Å²) in [7, 11) is 0. The van der Waals surface area contributed by atoms with Crippen molar-refractivity contribution < 1.29 is 3.89 Å². The van der Waals surface area contributed by atoms with Gasteiger partial charge in [0.1, 0.15) is 0 Å². The largest absolute Gasteiger partial charge is 0.160 e. The van der Waals surface area contributed by atoms with Gasteiger partial charge < -0.3 is 0 Å². The first-order chi connectivity index (χ1) is 6.70. The van der Waals surface area contributed by atoms with Gasteiger partial charge in [-0.3, -0.25) is 0 Å². The maximum Gasteiger partial charge on any atom is 0.0815 e. The Morgan fingerprint density at radius 2 is 2.07 bits per heavy atom. The van der Waals surface area contributed by atoms with Crippen molar-refractivity contribution in [3.63, 3.8) is 0 Å².